The van der Waals surface area contributed by atoms with E-state index >= 15 is 0 Å². The van der Waals surface area contributed by atoms with E-state index in [4.69, 9.17) is 19.3 Å². The van der Waals surface area contributed by atoms with E-state index in [-0.39, 0.29) is 12.9 Å². The molecule has 0 heterocycles. The van der Waals surface area contributed by atoms with Gasteiger partial charge in [-0.2, -0.15) is 0 Å². The Morgan fingerprint density at radius 1 is 0.750 bits per heavy atom. The van der Waals surface area contributed by atoms with E-state index in [1.807, 2.05) is 0 Å². The second-order valence-corrected chi connectivity index (χ2v) is 5.09. The van der Waals surface area contributed by atoms with Gasteiger partial charge in [-0.3, -0.25) is 0 Å². The van der Waals surface area contributed by atoms with Crippen molar-refractivity contribution in [2.75, 3.05) is 33.0 Å². The van der Waals surface area contributed by atoms with Crippen LogP contribution >= 0.6 is 0 Å². The molecule has 4 nitrogen and oxygen atoms in total. The van der Waals surface area contributed by atoms with Crippen molar-refractivity contribution in [3.8, 4) is 0 Å². The third-order valence-corrected chi connectivity index (χ3v) is 3.09. The molecule has 0 radical (unpaired) electrons. The van der Waals surface area contributed by atoms with E-state index in [0.717, 1.165) is 26.1 Å². The zero-order chi connectivity index (χ0) is 14.9. The van der Waals surface area contributed by atoms with Crippen molar-refractivity contribution in [1.29, 1.82) is 0 Å². The van der Waals surface area contributed by atoms with Crippen LogP contribution in [0.4, 0.5) is 0 Å². The lowest BCUT2D eigenvalue weighted by Gasteiger charge is -2.18. The van der Waals surface area contributed by atoms with E-state index in [9.17, 15) is 0 Å². The highest BCUT2D eigenvalue weighted by Gasteiger charge is 2.09. The number of aliphatic hydroxyl groups excluding tert-OH is 1. The van der Waals surface area contributed by atoms with Crippen molar-refractivity contribution in [3.05, 3.63) is 0 Å². The van der Waals surface area contributed by atoms with Crippen molar-refractivity contribution < 1.29 is 19.3 Å². The zero-order valence-electron chi connectivity index (χ0n) is 13.4. The maximum atomic E-state index is 8.72. The Balaban J connectivity index is 3.64. The molecule has 20 heavy (non-hydrogen) atoms. The molecule has 0 fully saturated rings. The van der Waals surface area contributed by atoms with E-state index in [0.29, 0.717) is 13.2 Å². The van der Waals surface area contributed by atoms with Gasteiger partial charge in [-0.15, -0.1) is 0 Å². The number of ether oxygens (including phenoxy) is 3. The first-order valence-electron chi connectivity index (χ1n) is 8.26. The first-order valence-corrected chi connectivity index (χ1v) is 8.26. The number of rotatable bonds is 16. The Labute approximate surface area is 124 Å². The minimum Gasteiger partial charge on any atom is -0.394 e. The summed E-state index contributed by atoms with van der Waals surface area (Å²) in [5.74, 6) is 0. The summed E-state index contributed by atoms with van der Waals surface area (Å²) in [6.07, 6.45) is 9.25. The van der Waals surface area contributed by atoms with Gasteiger partial charge in [0.1, 0.15) is 0 Å². The average molecular weight is 290 g/mol. The van der Waals surface area contributed by atoms with Gasteiger partial charge < -0.3 is 19.3 Å². The van der Waals surface area contributed by atoms with Gasteiger partial charge in [0.05, 0.1) is 19.8 Å². The van der Waals surface area contributed by atoms with Crippen molar-refractivity contribution >= 4 is 0 Å². The molecule has 0 rings (SSSR count). The second-order valence-electron chi connectivity index (χ2n) is 5.09. The molecular formula is C16H34O4. The summed E-state index contributed by atoms with van der Waals surface area (Å²) >= 11 is 0. The van der Waals surface area contributed by atoms with Gasteiger partial charge in [-0.25, -0.2) is 0 Å². The second kappa shape index (κ2) is 16.9. The van der Waals surface area contributed by atoms with Crippen molar-refractivity contribution in [2.24, 2.45) is 0 Å². The van der Waals surface area contributed by atoms with Crippen LogP contribution in [0.15, 0.2) is 0 Å². The molecule has 122 valence electrons. The van der Waals surface area contributed by atoms with Crippen molar-refractivity contribution in [1.82, 2.24) is 0 Å². The highest BCUT2D eigenvalue weighted by molar-refractivity contribution is 4.47. The molecule has 0 aromatic carbocycles. The molecule has 0 unspecified atom stereocenters. The number of hydrogen-bond acceptors (Lipinski definition) is 4. The molecule has 0 aromatic heterocycles. The van der Waals surface area contributed by atoms with Gasteiger partial charge in [0, 0.05) is 13.2 Å². The Bertz CT molecular complexity index is 162. The smallest absolute Gasteiger partial charge is 0.180 e. The predicted octanol–water partition coefficient (Wildman–Crippen LogP) is 3.52. The minimum absolute atomic E-state index is 0.0414. The summed E-state index contributed by atoms with van der Waals surface area (Å²) in [5.41, 5.74) is 0. The molecule has 0 aromatic rings. The SMILES string of the molecule is CCCCCCOC(COCCO)OCCCCCC. The van der Waals surface area contributed by atoms with Gasteiger partial charge in [0.25, 0.3) is 0 Å². The molecule has 0 aliphatic carbocycles. The van der Waals surface area contributed by atoms with Crippen LogP contribution in [0.5, 0.6) is 0 Å². The normalized spacial score (nSPS) is 11.4. The van der Waals surface area contributed by atoms with Gasteiger partial charge in [0.2, 0.25) is 0 Å². The predicted molar refractivity (Wildman–Crippen MR) is 81.9 cm³/mol. The molecule has 0 atom stereocenters. The molecular weight excluding hydrogens is 256 g/mol. The highest BCUT2D eigenvalue weighted by Crippen LogP contribution is 2.05. The van der Waals surface area contributed by atoms with Crippen LogP contribution in [-0.2, 0) is 14.2 Å². The van der Waals surface area contributed by atoms with E-state index < -0.39 is 0 Å². The molecule has 1 N–H and O–H groups in total. The van der Waals surface area contributed by atoms with E-state index in [2.05, 4.69) is 13.8 Å². The minimum atomic E-state index is -0.287. The molecule has 0 saturated carbocycles. The van der Waals surface area contributed by atoms with Gasteiger partial charge in [-0.05, 0) is 12.8 Å². The Morgan fingerprint density at radius 2 is 1.30 bits per heavy atom. The molecule has 0 aliphatic heterocycles. The van der Waals surface area contributed by atoms with Gasteiger partial charge in [-0.1, -0.05) is 52.4 Å². The summed E-state index contributed by atoms with van der Waals surface area (Å²) in [4.78, 5) is 0. The number of aliphatic hydroxyl groups is 1. The van der Waals surface area contributed by atoms with Crippen LogP contribution in [0.2, 0.25) is 0 Å². The lowest BCUT2D eigenvalue weighted by Crippen LogP contribution is -2.25. The molecule has 4 heteroatoms. The fourth-order valence-electron chi connectivity index (χ4n) is 1.88. The molecule has 0 spiro atoms. The fraction of sp³-hybridized carbons (Fsp3) is 1.00. The quantitative estimate of drug-likeness (QED) is 0.349. The Kier molecular flexibility index (Phi) is 16.8. The Hall–Kier alpha value is -0.160. The van der Waals surface area contributed by atoms with Crippen LogP contribution in [0.3, 0.4) is 0 Å². The maximum absolute atomic E-state index is 8.72. The molecule has 0 aliphatic rings. The maximum Gasteiger partial charge on any atom is 0.180 e. The lowest BCUT2D eigenvalue weighted by atomic mass is 10.2. The summed E-state index contributed by atoms with van der Waals surface area (Å²) < 4.78 is 16.7. The monoisotopic (exact) mass is 290 g/mol. The third-order valence-electron chi connectivity index (χ3n) is 3.09. The first-order chi connectivity index (χ1) is 9.85. The molecule has 0 amide bonds. The zero-order valence-corrected chi connectivity index (χ0v) is 13.4. The molecule has 0 bridgehead atoms. The molecule has 0 saturated heterocycles. The first kappa shape index (κ1) is 19.8. The lowest BCUT2D eigenvalue weighted by molar-refractivity contribution is -0.174. The van der Waals surface area contributed by atoms with Gasteiger partial charge >= 0.3 is 0 Å². The summed E-state index contributed by atoms with van der Waals surface area (Å²) in [5, 5.41) is 8.72. The Morgan fingerprint density at radius 3 is 1.75 bits per heavy atom. The number of unbranched alkanes of at least 4 members (excludes halogenated alkanes) is 6. The standard InChI is InChI=1S/C16H34O4/c1-3-5-7-9-12-19-16(15-18-14-11-17)20-13-10-8-6-4-2/h16-17H,3-15H2,1-2H3. The summed E-state index contributed by atoms with van der Waals surface area (Å²) in [6, 6.07) is 0. The number of hydrogen-bond donors (Lipinski definition) is 1. The van der Waals surface area contributed by atoms with Crippen LogP contribution < -0.4 is 0 Å². The van der Waals surface area contributed by atoms with Crippen LogP contribution in [-0.4, -0.2) is 44.4 Å². The highest BCUT2D eigenvalue weighted by atomic mass is 16.7. The largest absolute Gasteiger partial charge is 0.394 e. The fourth-order valence-corrected chi connectivity index (χ4v) is 1.88. The third kappa shape index (κ3) is 14.3. The van der Waals surface area contributed by atoms with Gasteiger partial charge in [0.15, 0.2) is 6.29 Å². The van der Waals surface area contributed by atoms with Crippen molar-refractivity contribution in [2.45, 2.75) is 71.5 Å². The average Bonchev–Trinajstić information content (AvgIpc) is 2.46. The summed E-state index contributed by atoms with van der Waals surface area (Å²) in [7, 11) is 0. The van der Waals surface area contributed by atoms with E-state index in [1.54, 1.807) is 0 Å². The topological polar surface area (TPSA) is 47.9 Å². The van der Waals surface area contributed by atoms with Crippen LogP contribution in [0.1, 0.15) is 65.2 Å². The van der Waals surface area contributed by atoms with Crippen LogP contribution in [0, 0.1) is 0 Å². The van der Waals surface area contributed by atoms with Crippen molar-refractivity contribution in [3.63, 3.8) is 0 Å². The van der Waals surface area contributed by atoms with Crippen LogP contribution in [0.25, 0.3) is 0 Å². The summed E-state index contributed by atoms with van der Waals surface area (Å²) in [6.45, 7) is 6.64. The van der Waals surface area contributed by atoms with E-state index in [1.165, 1.54) is 38.5 Å².